The molecule has 0 heterocycles. The molecule has 0 aromatic rings. The van der Waals surface area contributed by atoms with Gasteiger partial charge in [0.2, 0.25) is 0 Å². The highest BCUT2D eigenvalue weighted by atomic mass is 35.5. The van der Waals surface area contributed by atoms with E-state index in [1.807, 2.05) is 13.8 Å². The zero-order valence-corrected chi connectivity index (χ0v) is 11.1. The van der Waals surface area contributed by atoms with E-state index in [-0.39, 0.29) is 30.0 Å². The van der Waals surface area contributed by atoms with Crippen molar-refractivity contribution in [2.24, 2.45) is 5.73 Å². The van der Waals surface area contributed by atoms with Gasteiger partial charge in [-0.05, 0) is 46.0 Å². The summed E-state index contributed by atoms with van der Waals surface area (Å²) in [5, 5.41) is 0. The first-order valence-electron chi connectivity index (χ1n) is 5.96. The topological polar surface area (TPSA) is 52.3 Å². The third-order valence-electron chi connectivity index (χ3n) is 2.82. The SMILES string of the molecule is CC(C)(N)CCC(=O)OC1CCCCC1.Cl. The van der Waals surface area contributed by atoms with Gasteiger partial charge in [-0.25, -0.2) is 0 Å². The Morgan fingerprint density at radius 1 is 1.31 bits per heavy atom. The van der Waals surface area contributed by atoms with Crippen molar-refractivity contribution in [1.82, 2.24) is 0 Å². The summed E-state index contributed by atoms with van der Waals surface area (Å²) in [5.74, 6) is -0.0829. The number of rotatable bonds is 4. The summed E-state index contributed by atoms with van der Waals surface area (Å²) >= 11 is 0. The third kappa shape index (κ3) is 7.07. The van der Waals surface area contributed by atoms with Gasteiger partial charge in [0, 0.05) is 12.0 Å². The Hall–Kier alpha value is -0.280. The molecule has 1 rings (SSSR count). The number of hydrogen-bond donors (Lipinski definition) is 1. The van der Waals surface area contributed by atoms with E-state index in [4.69, 9.17) is 10.5 Å². The fourth-order valence-corrected chi connectivity index (χ4v) is 1.85. The van der Waals surface area contributed by atoms with Crippen molar-refractivity contribution in [1.29, 1.82) is 0 Å². The average molecular weight is 250 g/mol. The molecule has 0 bridgehead atoms. The van der Waals surface area contributed by atoms with E-state index in [0.29, 0.717) is 12.8 Å². The predicted molar refractivity (Wildman–Crippen MR) is 67.7 cm³/mol. The van der Waals surface area contributed by atoms with Gasteiger partial charge in [0.05, 0.1) is 0 Å². The Kier molecular flexibility index (Phi) is 7.00. The van der Waals surface area contributed by atoms with E-state index in [1.165, 1.54) is 19.3 Å². The zero-order valence-electron chi connectivity index (χ0n) is 10.3. The summed E-state index contributed by atoms with van der Waals surface area (Å²) in [6, 6.07) is 0. The monoisotopic (exact) mass is 249 g/mol. The fraction of sp³-hybridized carbons (Fsp3) is 0.917. The Bertz CT molecular complexity index is 208. The van der Waals surface area contributed by atoms with Crippen LogP contribution in [0.1, 0.15) is 58.8 Å². The van der Waals surface area contributed by atoms with Gasteiger partial charge in [-0.15, -0.1) is 12.4 Å². The van der Waals surface area contributed by atoms with Crippen molar-refractivity contribution >= 4 is 18.4 Å². The number of esters is 1. The maximum Gasteiger partial charge on any atom is 0.306 e. The highest BCUT2D eigenvalue weighted by Crippen LogP contribution is 2.21. The van der Waals surface area contributed by atoms with Crippen molar-refractivity contribution in [3.8, 4) is 0 Å². The quantitative estimate of drug-likeness (QED) is 0.780. The minimum atomic E-state index is -0.272. The summed E-state index contributed by atoms with van der Waals surface area (Å²) in [5.41, 5.74) is 5.54. The van der Waals surface area contributed by atoms with Crippen LogP contribution < -0.4 is 5.73 Å². The Morgan fingerprint density at radius 2 is 1.88 bits per heavy atom. The van der Waals surface area contributed by atoms with Gasteiger partial charge in [-0.3, -0.25) is 4.79 Å². The van der Waals surface area contributed by atoms with Crippen molar-refractivity contribution in [2.45, 2.75) is 70.4 Å². The second-order valence-corrected chi connectivity index (χ2v) is 5.24. The maximum absolute atomic E-state index is 11.5. The molecule has 1 aliphatic rings. The van der Waals surface area contributed by atoms with Gasteiger partial charge in [0.15, 0.2) is 0 Å². The lowest BCUT2D eigenvalue weighted by Gasteiger charge is -2.23. The number of nitrogens with two attached hydrogens (primary N) is 1. The van der Waals surface area contributed by atoms with Gasteiger partial charge < -0.3 is 10.5 Å². The lowest BCUT2D eigenvalue weighted by atomic mass is 9.97. The summed E-state index contributed by atoms with van der Waals surface area (Å²) in [7, 11) is 0. The van der Waals surface area contributed by atoms with Crippen LogP contribution in [0, 0.1) is 0 Å². The van der Waals surface area contributed by atoms with Crippen LogP contribution in [-0.4, -0.2) is 17.6 Å². The molecule has 4 heteroatoms. The highest BCUT2D eigenvalue weighted by Gasteiger charge is 2.19. The van der Waals surface area contributed by atoms with Crippen LogP contribution in [0.25, 0.3) is 0 Å². The molecule has 0 aliphatic heterocycles. The number of ether oxygens (including phenoxy) is 1. The molecule has 0 unspecified atom stereocenters. The number of carbonyl (C=O) groups excluding carboxylic acids is 1. The Morgan fingerprint density at radius 3 is 2.38 bits per heavy atom. The van der Waals surface area contributed by atoms with Crippen molar-refractivity contribution in [3.05, 3.63) is 0 Å². The van der Waals surface area contributed by atoms with Crippen molar-refractivity contribution < 1.29 is 9.53 Å². The van der Waals surface area contributed by atoms with Crippen molar-refractivity contribution in [2.75, 3.05) is 0 Å². The molecular weight excluding hydrogens is 226 g/mol. The predicted octanol–water partition coefficient (Wildman–Crippen LogP) is 2.80. The van der Waals surface area contributed by atoms with Crippen LogP contribution in [-0.2, 0) is 9.53 Å². The molecule has 16 heavy (non-hydrogen) atoms. The standard InChI is InChI=1S/C12H23NO2.ClH/c1-12(2,13)9-8-11(14)15-10-6-4-3-5-7-10;/h10H,3-9,13H2,1-2H3;1H. The molecule has 0 amide bonds. The normalized spacial score (nSPS) is 17.7. The summed E-state index contributed by atoms with van der Waals surface area (Å²) in [6.45, 7) is 3.86. The van der Waals surface area contributed by atoms with E-state index >= 15 is 0 Å². The van der Waals surface area contributed by atoms with Gasteiger partial charge in [0.1, 0.15) is 6.10 Å². The van der Waals surface area contributed by atoms with Crippen molar-refractivity contribution in [3.63, 3.8) is 0 Å². The van der Waals surface area contributed by atoms with Gasteiger partial charge in [0.25, 0.3) is 0 Å². The van der Waals surface area contributed by atoms with Gasteiger partial charge >= 0.3 is 5.97 Å². The molecule has 1 saturated carbocycles. The molecule has 0 atom stereocenters. The Balaban J connectivity index is 0.00000225. The lowest BCUT2D eigenvalue weighted by molar-refractivity contribution is -0.150. The zero-order chi connectivity index (χ0) is 11.3. The van der Waals surface area contributed by atoms with Gasteiger partial charge in [-0.1, -0.05) is 6.42 Å². The van der Waals surface area contributed by atoms with E-state index in [1.54, 1.807) is 0 Å². The largest absolute Gasteiger partial charge is 0.462 e. The highest BCUT2D eigenvalue weighted by molar-refractivity contribution is 5.85. The lowest BCUT2D eigenvalue weighted by Crippen LogP contribution is -2.33. The average Bonchev–Trinajstić information content (AvgIpc) is 2.15. The van der Waals surface area contributed by atoms with Crippen LogP contribution in [0.15, 0.2) is 0 Å². The minimum absolute atomic E-state index is 0. The molecule has 1 aliphatic carbocycles. The molecule has 0 saturated heterocycles. The number of hydrogen-bond acceptors (Lipinski definition) is 3. The summed E-state index contributed by atoms with van der Waals surface area (Å²) < 4.78 is 5.39. The molecule has 0 spiro atoms. The molecule has 0 aromatic heterocycles. The van der Waals surface area contributed by atoms with E-state index in [9.17, 15) is 4.79 Å². The van der Waals surface area contributed by atoms with Crippen LogP contribution >= 0.6 is 12.4 Å². The van der Waals surface area contributed by atoms with Crippen LogP contribution in [0.3, 0.4) is 0 Å². The first-order valence-corrected chi connectivity index (χ1v) is 5.96. The third-order valence-corrected chi connectivity index (χ3v) is 2.82. The molecule has 0 aromatic carbocycles. The number of carbonyl (C=O) groups is 1. The minimum Gasteiger partial charge on any atom is -0.462 e. The molecule has 3 nitrogen and oxygen atoms in total. The smallest absolute Gasteiger partial charge is 0.306 e. The molecule has 96 valence electrons. The first-order chi connectivity index (χ1) is 6.97. The van der Waals surface area contributed by atoms with Crippen LogP contribution in [0.2, 0.25) is 0 Å². The van der Waals surface area contributed by atoms with E-state index < -0.39 is 0 Å². The first kappa shape index (κ1) is 15.7. The van der Waals surface area contributed by atoms with Crippen LogP contribution in [0.5, 0.6) is 0 Å². The van der Waals surface area contributed by atoms with E-state index in [2.05, 4.69) is 0 Å². The fourth-order valence-electron chi connectivity index (χ4n) is 1.85. The Labute approximate surface area is 105 Å². The van der Waals surface area contributed by atoms with Gasteiger partial charge in [-0.2, -0.15) is 0 Å². The van der Waals surface area contributed by atoms with Crippen LogP contribution in [0.4, 0.5) is 0 Å². The molecule has 0 radical (unpaired) electrons. The molecule has 2 N–H and O–H groups in total. The second-order valence-electron chi connectivity index (χ2n) is 5.24. The number of halogens is 1. The molecule has 1 fully saturated rings. The second kappa shape index (κ2) is 7.13. The maximum atomic E-state index is 11.5. The summed E-state index contributed by atoms with van der Waals surface area (Å²) in [4.78, 5) is 11.5. The van der Waals surface area contributed by atoms with E-state index in [0.717, 1.165) is 12.8 Å². The molecular formula is C12H24ClNO2. The summed E-state index contributed by atoms with van der Waals surface area (Å²) in [6.07, 6.45) is 7.06.